The van der Waals surface area contributed by atoms with Gasteiger partial charge in [0.25, 0.3) is 0 Å². The molecule has 2 aromatic rings. The molecule has 21 heavy (non-hydrogen) atoms. The largest absolute Gasteiger partial charge is 0.326 e. The second kappa shape index (κ2) is 6.70. The predicted octanol–water partition coefficient (Wildman–Crippen LogP) is 2.59. The number of benzene rings is 1. The van der Waals surface area contributed by atoms with Crippen molar-refractivity contribution in [2.45, 2.75) is 31.3 Å². The molecule has 2 N–H and O–H groups in total. The molecule has 0 saturated heterocycles. The van der Waals surface area contributed by atoms with Gasteiger partial charge in [-0.15, -0.1) is 0 Å². The highest BCUT2D eigenvalue weighted by Gasteiger charge is 2.24. The van der Waals surface area contributed by atoms with E-state index in [9.17, 15) is 8.42 Å². The van der Waals surface area contributed by atoms with Crippen molar-refractivity contribution in [2.75, 3.05) is 7.05 Å². The number of aryl methyl sites for hydroxylation is 1. The summed E-state index contributed by atoms with van der Waals surface area (Å²) >= 11 is 1.56. The third-order valence-electron chi connectivity index (χ3n) is 3.42. The van der Waals surface area contributed by atoms with E-state index in [1.54, 1.807) is 24.5 Å². The fraction of sp³-hybridized carbons (Fsp3) is 0.333. The summed E-state index contributed by atoms with van der Waals surface area (Å²) in [6, 6.07) is 7.37. The van der Waals surface area contributed by atoms with E-state index in [0.717, 1.165) is 16.7 Å². The van der Waals surface area contributed by atoms with Crippen molar-refractivity contribution in [3.8, 4) is 0 Å². The van der Waals surface area contributed by atoms with Gasteiger partial charge in [-0.3, -0.25) is 0 Å². The van der Waals surface area contributed by atoms with Crippen molar-refractivity contribution < 1.29 is 8.42 Å². The van der Waals surface area contributed by atoms with Gasteiger partial charge in [0.05, 0.1) is 4.90 Å². The highest BCUT2D eigenvalue weighted by molar-refractivity contribution is 7.89. The van der Waals surface area contributed by atoms with Crippen LogP contribution >= 0.6 is 11.3 Å². The van der Waals surface area contributed by atoms with Crippen LogP contribution in [0.4, 0.5) is 0 Å². The van der Waals surface area contributed by atoms with Crippen LogP contribution < -0.4 is 5.73 Å². The zero-order valence-electron chi connectivity index (χ0n) is 12.2. The smallest absolute Gasteiger partial charge is 0.243 e. The Hall–Kier alpha value is -1.21. The van der Waals surface area contributed by atoms with Crippen molar-refractivity contribution in [1.29, 1.82) is 0 Å². The molecule has 114 valence electrons. The molecular weight excluding hydrogens is 304 g/mol. The monoisotopic (exact) mass is 324 g/mol. The number of thiophene rings is 1. The Labute approximate surface area is 130 Å². The molecule has 2 rings (SSSR count). The first-order valence-corrected chi connectivity index (χ1v) is 9.16. The van der Waals surface area contributed by atoms with Gasteiger partial charge in [-0.2, -0.15) is 15.6 Å². The highest BCUT2D eigenvalue weighted by Crippen LogP contribution is 2.23. The maximum atomic E-state index is 12.8. The van der Waals surface area contributed by atoms with Crippen LogP contribution in [0.1, 0.15) is 23.6 Å². The first-order chi connectivity index (χ1) is 9.98. The van der Waals surface area contributed by atoms with Gasteiger partial charge >= 0.3 is 0 Å². The number of nitrogens with zero attached hydrogens (tertiary/aromatic N) is 1. The van der Waals surface area contributed by atoms with Crippen LogP contribution in [0, 0.1) is 0 Å². The molecule has 0 fully saturated rings. The fourth-order valence-electron chi connectivity index (χ4n) is 2.15. The lowest BCUT2D eigenvalue weighted by molar-refractivity contribution is 0.466. The summed E-state index contributed by atoms with van der Waals surface area (Å²) in [7, 11) is -1.90. The standard InChI is InChI=1S/C15H20N2O2S2/c1-3-14-5-4-12(9-16)8-15(14)21(18,19)17(2)10-13-6-7-20-11-13/h4-8,11H,3,9-10,16H2,1-2H3. The van der Waals surface area contributed by atoms with Crippen LogP contribution in [0.25, 0.3) is 0 Å². The third-order valence-corrected chi connectivity index (χ3v) is 6.04. The Bertz CT molecular complexity index is 694. The summed E-state index contributed by atoms with van der Waals surface area (Å²) in [6.45, 7) is 2.66. The number of rotatable bonds is 6. The minimum absolute atomic E-state index is 0.334. The topological polar surface area (TPSA) is 63.4 Å². The van der Waals surface area contributed by atoms with Gasteiger partial charge in [-0.25, -0.2) is 8.42 Å². The Balaban J connectivity index is 2.38. The molecule has 0 amide bonds. The van der Waals surface area contributed by atoms with Gasteiger partial charge in [-0.05, 0) is 46.0 Å². The predicted molar refractivity (Wildman–Crippen MR) is 86.7 cm³/mol. The number of sulfonamides is 1. The first-order valence-electron chi connectivity index (χ1n) is 6.78. The van der Waals surface area contributed by atoms with E-state index in [1.807, 2.05) is 35.9 Å². The van der Waals surface area contributed by atoms with E-state index in [4.69, 9.17) is 5.73 Å². The van der Waals surface area contributed by atoms with E-state index in [1.165, 1.54) is 4.31 Å². The van der Waals surface area contributed by atoms with Crippen molar-refractivity contribution in [2.24, 2.45) is 5.73 Å². The maximum absolute atomic E-state index is 12.8. The maximum Gasteiger partial charge on any atom is 0.243 e. The van der Waals surface area contributed by atoms with Crippen LogP contribution in [0.15, 0.2) is 39.9 Å². The number of nitrogens with two attached hydrogens (primary N) is 1. The molecule has 1 aromatic carbocycles. The van der Waals surface area contributed by atoms with Crippen molar-refractivity contribution in [1.82, 2.24) is 4.31 Å². The summed E-state index contributed by atoms with van der Waals surface area (Å²) in [4.78, 5) is 0.366. The zero-order chi connectivity index (χ0) is 15.5. The molecule has 1 aromatic heterocycles. The Morgan fingerprint density at radius 2 is 2.00 bits per heavy atom. The summed E-state index contributed by atoms with van der Waals surface area (Å²) in [5.41, 5.74) is 8.28. The minimum Gasteiger partial charge on any atom is -0.326 e. The highest BCUT2D eigenvalue weighted by atomic mass is 32.2. The van der Waals surface area contributed by atoms with Crippen LogP contribution in [0.5, 0.6) is 0 Å². The van der Waals surface area contributed by atoms with Crippen molar-refractivity contribution in [3.63, 3.8) is 0 Å². The SMILES string of the molecule is CCc1ccc(CN)cc1S(=O)(=O)N(C)Cc1ccsc1. The molecule has 6 heteroatoms. The van der Waals surface area contributed by atoms with E-state index in [2.05, 4.69) is 0 Å². The lowest BCUT2D eigenvalue weighted by Gasteiger charge is -2.19. The summed E-state index contributed by atoms with van der Waals surface area (Å²) in [5.74, 6) is 0. The first kappa shape index (κ1) is 16.2. The molecule has 0 aliphatic rings. The molecule has 1 heterocycles. The van der Waals surface area contributed by atoms with Gasteiger partial charge in [-0.1, -0.05) is 19.1 Å². The quantitative estimate of drug-likeness (QED) is 0.888. The lowest BCUT2D eigenvalue weighted by Crippen LogP contribution is -2.27. The molecule has 0 aliphatic carbocycles. The fourth-order valence-corrected chi connectivity index (χ4v) is 4.31. The van der Waals surface area contributed by atoms with Crippen molar-refractivity contribution in [3.05, 3.63) is 51.7 Å². The summed E-state index contributed by atoms with van der Waals surface area (Å²) in [6.07, 6.45) is 0.672. The van der Waals surface area contributed by atoms with E-state index in [0.29, 0.717) is 24.4 Å². The molecule has 0 bridgehead atoms. The second-order valence-electron chi connectivity index (χ2n) is 4.89. The normalized spacial score (nSPS) is 12.0. The van der Waals surface area contributed by atoms with Gasteiger partial charge in [0.2, 0.25) is 10.0 Å². The lowest BCUT2D eigenvalue weighted by atomic mass is 10.1. The molecule has 0 unspecified atom stereocenters. The van der Waals surface area contributed by atoms with Gasteiger partial charge in [0.1, 0.15) is 0 Å². The average Bonchev–Trinajstić information content (AvgIpc) is 2.99. The van der Waals surface area contributed by atoms with Crippen LogP contribution in [0.2, 0.25) is 0 Å². The van der Waals surface area contributed by atoms with Crippen LogP contribution in [-0.2, 0) is 29.5 Å². The Morgan fingerprint density at radius 1 is 1.24 bits per heavy atom. The van der Waals surface area contributed by atoms with E-state index in [-0.39, 0.29) is 0 Å². The average molecular weight is 324 g/mol. The van der Waals surface area contributed by atoms with E-state index < -0.39 is 10.0 Å². The van der Waals surface area contributed by atoms with Gasteiger partial charge in [0.15, 0.2) is 0 Å². The van der Waals surface area contributed by atoms with Crippen LogP contribution in [-0.4, -0.2) is 19.8 Å². The van der Waals surface area contributed by atoms with Gasteiger partial charge < -0.3 is 5.73 Å². The molecule has 0 atom stereocenters. The summed E-state index contributed by atoms with van der Waals surface area (Å²) in [5, 5.41) is 3.91. The Kier molecular flexibility index (Phi) is 5.16. The number of hydrogen-bond donors (Lipinski definition) is 1. The summed E-state index contributed by atoms with van der Waals surface area (Å²) < 4.78 is 27.0. The van der Waals surface area contributed by atoms with Gasteiger partial charge in [0, 0.05) is 20.1 Å². The third kappa shape index (κ3) is 3.52. The van der Waals surface area contributed by atoms with Crippen molar-refractivity contribution >= 4 is 21.4 Å². The Morgan fingerprint density at radius 3 is 2.57 bits per heavy atom. The second-order valence-corrected chi connectivity index (χ2v) is 7.69. The molecule has 0 aliphatic heterocycles. The molecule has 0 radical (unpaired) electrons. The molecular formula is C15H20N2O2S2. The minimum atomic E-state index is -3.51. The molecule has 0 saturated carbocycles. The van der Waals surface area contributed by atoms with E-state index >= 15 is 0 Å². The number of hydrogen-bond acceptors (Lipinski definition) is 4. The molecule has 4 nitrogen and oxygen atoms in total. The zero-order valence-corrected chi connectivity index (χ0v) is 13.9. The van der Waals surface area contributed by atoms with Crippen LogP contribution in [0.3, 0.4) is 0 Å². The molecule has 0 spiro atoms.